The van der Waals surface area contributed by atoms with Crippen molar-refractivity contribution in [2.24, 2.45) is 0 Å². The summed E-state index contributed by atoms with van der Waals surface area (Å²) >= 11 is 5.37. The van der Waals surface area contributed by atoms with Crippen LogP contribution in [0.5, 0.6) is 0 Å². The summed E-state index contributed by atoms with van der Waals surface area (Å²) in [5, 5.41) is 6.95. The minimum absolute atomic E-state index is 0.117. The molecule has 0 amide bonds. The van der Waals surface area contributed by atoms with E-state index in [1.807, 2.05) is 18.2 Å². The molecule has 5 heteroatoms. The van der Waals surface area contributed by atoms with Gasteiger partial charge in [0.05, 0.1) is 14.1 Å². The molecule has 3 N–H and O–H groups in total. The van der Waals surface area contributed by atoms with E-state index in [0.29, 0.717) is 5.11 Å². The van der Waals surface area contributed by atoms with E-state index >= 15 is 0 Å². The van der Waals surface area contributed by atoms with E-state index in [1.54, 1.807) is 12.1 Å². The molecule has 3 nitrogen and oxygen atoms in total. The Kier molecular flexibility index (Phi) is 5.86. The zero-order valence-electron chi connectivity index (χ0n) is 12.8. The van der Waals surface area contributed by atoms with Crippen LogP contribution in [-0.2, 0) is 0 Å². The topological polar surface area (TPSA) is 28.5 Å². The number of nitrogens with one attached hydrogen (secondary N) is 3. The summed E-state index contributed by atoms with van der Waals surface area (Å²) in [6, 6.07) is 16.5. The molecule has 0 saturated heterocycles. The van der Waals surface area contributed by atoms with Gasteiger partial charge in [0.1, 0.15) is 18.4 Å². The van der Waals surface area contributed by atoms with Gasteiger partial charge in [-0.3, -0.25) is 0 Å². The summed E-state index contributed by atoms with van der Waals surface area (Å²) in [6.45, 7) is 0.898. The molecule has 0 aromatic heterocycles. The molecule has 1 atom stereocenters. The van der Waals surface area contributed by atoms with Crippen molar-refractivity contribution in [2.45, 2.75) is 6.04 Å². The van der Waals surface area contributed by atoms with Crippen molar-refractivity contribution >= 4 is 23.0 Å². The highest BCUT2D eigenvalue weighted by Crippen LogP contribution is 2.12. The van der Waals surface area contributed by atoms with E-state index in [2.05, 4.69) is 36.9 Å². The lowest BCUT2D eigenvalue weighted by molar-refractivity contribution is -0.860. The van der Waals surface area contributed by atoms with Crippen LogP contribution >= 0.6 is 12.2 Å². The predicted octanol–water partition coefficient (Wildman–Crippen LogP) is 2.00. The lowest BCUT2D eigenvalue weighted by Crippen LogP contribution is -3.06. The summed E-state index contributed by atoms with van der Waals surface area (Å²) in [7, 11) is 4.21. The molecular weight excluding hydrogens is 297 g/mol. The van der Waals surface area contributed by atoms with Crippen LogP contribution in [0.1, 0.15) is 11.6 Å². The molecule has 2 aromatic carbocycles. The van der Waals surface area contributed by atoms with Crippen LogP contribution in [0.25, 0.3) is 0 Å². The van der Waals surface area contributed by atoms with Crippen LogP contribution in [-0.4, -0.2) is 25.8 Å². The van der Waals surface area contributed by atoms with Crippen LogP contribution in [0.15, 0.2) is 54.6 Å². The average Bonchev–Trinajstić information content (AvgIpc) is 2.49. The Bertz CT molecular complexity index is 599. The maximum Gasteiger partial charge on any atom is 0.171 e. The predicted molar refractivity (Wildman–Crippen MR) is 92.6 cm³/mol. The maximum absolute atomic E-state index is 12.9. The molecule has 2 rings (SSSR count). The number of hydrogen-bond acceptors (Lipinski definition) is 1. The molecule has 0 spiro atoms. The molecule has 0 bridgehead atoms. The monoisotopic (exact) mass is 318 g/mol. The van der Waals surface area contributed by atoms with Gasteiger partial charge in [-0.2, -0.15) is 0 Å². The Hall–Kier alpha value is -1.98. The summed E-state index contributed by atoms with van der Waals surface area (Å²) < 4.78 is 12.9. The minimum Gasteiger partial charge on any atom is -0.350 e. The molecule has 0 unspecified atom stereocenters. The second-order valence-corrected chi connectivity index (χ2v) is 5.89. The van der Waals surface area contributed by atoms with Crippen molar-refractivity contribution in [1.29, 1.82) is 0 Å². The normalized spacial score (nSPS) is 12.0. The van der Waals surface area contributed by atoms with Crippen LogP contribution < -0.4 is 15.5 Å². The van der Waals surface area contributed by atoms with Gasteiger partial charge in [-0.25, -0.2) is 4.39 Å². The third kappa shape index (κ3) is 5.09. The van der Waals surface area contributed by atoms with E-state index in [0.717, 1.165) is 12.2 Å². The first-order chi connectivity index (χ1) is 10.5. The van der Waals surface area contributed by atoms with E-state index in [-0.39, 0.29) is 11.9 Å². The van der Waals surface area contributed by atoms with Crippen molar-refractivity contribution in [3.63, 3.8) is 0 Å². The van der Waals surface area contributed by atoms with E-state index in [4.69, 9.17) is 12.2 Å². The lowest BCUT2D eigenvalue weighted by atomic mass is 10.1. The largest absolute Gasteiger partial charge is 0.350 e. The number of halogens is 1. The molecule has 0 saturated carbocycles. The van der Waals surface area contributed by atoms with Crippen LogP contribution in [0.4, 0.5) is 10.1 Å². The highest BCUT2D eigenvalue weighted by molar-refractivity contribution is 7.80. The second-order valence-electron chi connectivity index (χ2n) is 5.48. The molecule has 0 aliphatic carbocycles. The fourth-order valence-corrected chi connectivity index (χ4v) is 2.46. The molecular formula is C17H21FN3S+. The number of rotatable bonds is 5. The molecule has 22 heavy (non-hydrogen) atoms. The third-order valence-corrected chi connectivity index (χ3v) is 3.44. The quantitative estimate of drug-likeness (QED) is 0.737. The van der Waals surface area contributed by atoms with Gasteiger partial charge in [-0.05, 0) is 42.0 Å². The van der Waals surface area contributed by atoms with Crippen molar-refractivity contribution in [2.75, 3.05) is 26.0 Å². The first-order valence-corrected chi connectivity index (χ1v) is 7.62. The number of anilines is 1. The fraction of sp³-hybridized carbons (Fsp3) is 0.235. The smallest absolute Gasteiger partial charge is 0.171 e. The Balaban J connectivity index is 2.03. The molecule has 116 valence electrons. The lowest BCUT2D eigenvalue weighted by Gasteiger charge is -2.22. The van der Waals surface area contributed by atoms with Gasteiger partial charge >= 0.3 is 0 Å². The summed E-state index contributed by atoms with van der Waals surface area (Å²) in [4.78, 5) is 1.32. The number of hydrogen-bond donors (Lipinski definition) is 3. The molecule has 0 fully saturated rings. The summed E-state index contributed by atoms with van der Waals surface area (Å²) in [5.74, 6) is -0.261. The fourth-order valence-electron chi connectivity index (χ4n) is 2.20. The molecule has 0 aliphatic heterocycles. The molecule has 0 aliphatic rings. The van der Waals surface area contributed by atoms with Crippen LogP contribution in [0.3, 0.4) is 0 Å². The summed E-state index contributed by atoms with van der Waals surface area (Å²) in [5.41, 5.74) is 1.95. The van der Waals surface area contributed by atoms with Crippen LogP contribution in [0, 0.1) is 5.82 Å². The van der Waals surface area contributed by atoms with Gasteiger partial charge in [0, 0.05) is 5.69 Å². The van der Waals surface area contributed by atoms with Gasteiger partial charge < -0.3 is 15.5 Å². The second kappa shape index (κ2) is 7.87. The number of quaternary nitrogens is 1. The van der Waals surface area contributed by atoms with Gasteiger partial charge in [0.15, 0.2) is 5.11 Å². The molecule has 0 heterocycles. The third-order valence-electron chi connectivity index (χ3n) is 3.22. The van der Waals surface area contributed by atoms with E-state index < -0.39 is 0 Å². The molecule has 2 aromatic rings. The van der Waals surface area contributed by atoms with Crippen molar-refractivity contribution in [3.8, 4) is 0 Å². The zero-order valence-corrected chi connectivity index (χ0v) is 13.6. The SMILES string of the molecule is C[NH+](C)C[C@H](NC(=S)Nc1ccc(F)cc1)c1ccccc1. The minimum atomic E-state index is -0.261. The number of thiocarbonyl (C=S) groups is 1. The van der Waals surface area contributed by atoms with Crippen molar-refractivity contribution in [1.82, 2.24) is 5.32 Å². The van der Waals surface area contributed by atoms with Gasteiger partial charge in [0.25, 0.3) is 0 Å². The Labute approximate surface area is 136 Å². The van der Waals surface area contributed by atoms with Gasteiger partial charge in [-0.1, -0.05) is 30.3 Å². The summed E-state index contributed by atoms with van der Waals surface area (Å²) in [6.07, 6.45) is 0. The highest BCUT2D eigenvalue weighted by Gasteiger charge is 2.15. The standard InChI is InChI=1S/C17H20FN3S/c1-21(2)12-16(13-6-4-3-5-7-13)20-17(22)19-15-10-8-14(18)9-11-15/h3-11,16H,12H2,1-2H3,(H2,19,20,22)/p+1/t16-/m0/s1. The number of benzene rings is 2. The van der Waals surface area contributed by atoms with E-state index in [9.17, 15) is 4.39 Å². The molecule has 0 radical (unpaired) electrons. The Morgan fingerprint density at radius 2 is 1.73 bits per heavy atom. The Morgan fingerprint density at radius 3 is 2.32 bits per heavy atom. The van der Waals surface area contributed by atoms with Crippen molar-refractivity contribution < 1.29 is 9.29 Å². The number of likely N-dealkylation sites (N-methyl/N-ethyl adjacent to an activating group) is 1. The Morgan fingerprint density at radius 1 is 1.09 bits per heavy atom. The zero-order chi connectivity index (χ0) is 15.9. The maximum atomic E-state index is 12.9. The average molecular weight is 318 g/mol. The first-order valence-electron chi connectivity index (χ1n) is 7.21. The van der Waals surface area contributed by atoms with Gasteiger partial charge in [0.2, 0.25) is 0 Å². The first kappa shape index (κ1) is 16.4. The van der Waals surface area contributed by atoms with Gasteiger partial charge in [-0.15, -0.1) is 0 Å². The van der Waals surface area contributed by atoms with E-state index in [1.165, 1.54) is 22.6 Å². The highest BCUT2D eigenvalue weighted by atomic mass is 32.1. The van der Waals surface area contributed by atoms with Crippen molar-refractivity contribution in [3.05, 3.63) is 66.0 Å². The van der Waals surface area contributed by atoms with Crippen LogP contribution in [0.2, 0.25) is 0 Å².